The number of halogens is 3. The molecule has 0 radical (unpaired) electrons. The van der Waals surface area contributed by atoms with Gasteiger partial charge < -0.3 is 5.73 Å². The Hall–Kier alpha value is -1.26. The Morgan fingerprint density at radius 1 is 1.11 bits per heavy atom. The molecule has 0 fully saturated rings. The molecule has 94 valence electrons. The molecule has 0 saturated carbocycles. The normalized spacial score (nSPS) is 12.5. The number of hydrogen-bond acceptors (Lipinski definition) is 1. The molecule has 1 unspecified atom stereocenters. The van der Waals surface area contributed by atoms with Crippen LogP contribution < -0.4 is 5.73 Å². The van der Waals surface area contributed by atoms with Crippen LogP contribution in [0.4, 0.5) is 8.78 Å². The van der Waals surface area contributed by atoms with Crippen LogP contribution in [0.5, 0.6) is 0 Å². The molecule has 0 heterocycles. The van der Waals surface area contributed by atoms with Gasteiger partial charge in [0, 0.05) is 4.47 Å². The van der Waals surface area contributed by atoms with Gasteiger partial charge in [-0.3, -0.25) is 0 Å². The molecule has 0 aromatic heterocycles. The Labute approximate surface area is 113 Å². The average Bonchev–Trinajstić information content (AvgIpc) is 2.35. The predicted octanol–water partition coefficient (Wildman–Crippen LogP) is 4.08. The van der Waals surface area contributed by atoms with Crippen molar-refractivity contribution in [2.45, 2.75) is 13.0 Å². The molecule has 2 N–H and O–H groups in total. The van der Waals surface area contributed by atoms with E-state index in [1.165, 1.54) is 18.2 Å². The van der Waals surface area contributed by atoms with E-state index in [1.54, 1.807) is 25.1 Å². The van der Waals surface area contributed by atoms with E-state index in [1.807, 2.05) is 0 Å². The number of nitrogens with two attached hydrogens (primary N) is 1. The Balaban J connectivity index is 2.44. The number of hydrogen-bond donors (Lipinski definition) is 1. The molecule has 0 aliphatic carbocycles. The summed E-state index contributed by atoms with van der Waals surface area (Å²) in [5.41, 5.74) is 8.00. The van der Waals surface area contributed by atoms with Crippen LogP contribution in [0.25, 0.3) is 0 Å². The lowest BCUT2D eigenvalue weighted by Gasteiger charge is -2.15. The second-order valence-corrected chi connectivity index (χ2v) is 5.01. The van der Waals surface area contributed by atoms with Crippen LogP contribution in [0.1, 0.15) is 22.7 Å². The van der Waals surface area contributed by atoms with Crippen LogP contribution in [0.15, 0.2) is 40.9 Å². The van der Waals surface area contributed by atoms with Crippen molar-refractivity contribution in [1.82, 2.24) is 0 Å². The standard InChI is InChI=1S/C14H12BrF2N/c1-8-6-9(2-5-13(8)17)14(18)11-7-10(16)3-4-12(11)15/h2-7,14H,18H2,1H3. The Kier molecular flexibility index (Phi) is 3.78. The highest BCUT2D eigenvalue weighted by molar-refractivity contribution is 9.10. The van der Waals surface area contributed by atoms with Gasteiger partial charge in [0.05, 0.1) is 6.04 Å². The molecule has 0 saturated heterocycles. The van der Waals surface area contributed by atoms with Gasteiger partial charge in [0.2, 0.25) is 0 Å². The minimum Gasteiger partial charge on any atom is -0.320 e. The number of aryl methyl sites for hydroxylation is 1. The van der Waals surface area contributed by atoms with Gasteiger partial charge in [0.15, 0.2) is 0 Å². The summed E-state index contributed by atoms with van der Waals surface area (Å²) in [6, 6.07) is 8.53. The fourth-order valence-electron chi connectivity index (χ4n) is 1.79. The Bertz CT molecular complexity index is 584. The van der Waals surface area contributed by atoms with E-state index >= 15 is 0 Å². The van der Waals surface area contributed by atoms with E-state index in [-0.39, 0.29) is 11.6 Å². The van der Waals surface area contributed by atoms with Gasteiger partial charge in [-0.2, -0.15) is 0 Å². The third-order valence-corrected chi connectivity index (χ3v) is 3.56. The van der Waals surface area contributed by atoms with Crippen molar-refractivity contribution in [3.05, 3.63) is 69.2 Å². The molecule has 2 aromatic rings. The SMILES string of the molecule is Cc1cc(C(N)c2cc(F)ccc2Br)ccc1F. The van der Waals surface area contributed by atoms with Crippen LogP contribution in [0, 0.1) is 18.6 Å². The first-order chi connectivity index (χ1) is 8.49. The molecule has 0 aliphatic rings. The highest BCUT2D eigenvalue weighted by Crippen LogP contribution is 2.28. The maximum atomic E-state index is 13.2. The highest BCUT2D eigenvalue weighted by atomic mass is 79.9. The van der Waals surface area contributed by atoms with Gasteiger partial charge in [0.25, 0.3) is 0 Å². The molecule has 0 aliphatic heterocycles. The minimum atomic E-state index is -0.491. The number of benzene rings is 2. The molecule has 18 heavy (non-hydrogen) atoms. The topological polar surface area (TPSA) is 26.0 Å². The van der Waals surface area contributed by atoms with Crippen molar-refractivity contribution in [3.63, 3.8) is 0 Å². The molecular formula is C14H12BrF2N. The van der Waals surface area contributed by atoms with Gasteiger partial charge in [0.1, 0.15) is 11.6 Å². The molecule has 0 bridgehead atoms. The number of rotatable bonds is 2. The van der Waals surface area contributed by atoms with Gasteiger partial charge in [-0.25, -0.2) is 8.78 Å². The molecule has 1 atom stereocenters. The first-order valence-electron chi connectivity index (χ1n) is 5.45. The third-order valence-electron chi connectivity index (χ3n) is 2.83. The van der Waals surface area contributed by atoms with Crippen molar-refractivity contribution in [2.75, 3.05) is 0 Å². The van der Waals surface area contributed by atoms with Crippen molar-refractivity contribution in [3.8, 4) is 0 Å². The first-order valence-corrected chi connectivity index (χ1v) is 6.25. The fourth-order valence-corrected chi connectivity index (χ4v) is 2.29. The monoisotopic (exact) mass is 311 g/mol. The molecule has 1 nitrogen and oxygen atoms in total. The molecule has 0 spiro atoms. The zero-order chi connectivity index (χ0) is 13.3. The van der Waals surface area contributed by atoms with Crippen LogP contribution in [-0.4, -0.2) is 0 Å². The summed E-state index contributed by atoms with van der Waals surface area (Å²) in [5, 5.41) is 0. The van der Waals surface area contributed by atoms with Crippen molar-refractivity contribution in [2.24, 2.45) is 5.73 Å². The minimum absolute atomic E-state index is 0.274. The summed E-state index contributed by atoms with van der Waals surface area (Å²) in [6.45, 7) is 1.67. The van der Waals surface area contributed by atoms with E-state index in [0.29, 0.717) is 11.1 Å². The zero-order valence-electron chi connectivity index (χ0n) is 9.75. The average molecular weight is 312 g/mol. The Morgan fingerprint density at radius 2 is 1.83 bits per heavy atom. The van der Waals surface area contributed by atoms with Gasteiger partial charge in [-0.15, -0.1) is 0 Å². The lowest BCUT2D eigenvalue weighted by molar-refractivity contribution is 0.615. The second kappa shape index (κ2) is 5.16. The van der Waals surface area contributed by atoms with Gasteiger partial charge in [-0.1, -0.05) is 28.1 Å². The molecule has 4 heteroatoms. The van der Waals surface area contributed by atoms with E-state index < -0.39 is 6.04 Å². The second-order valence-electron chi connectivity index (χ2n) is 4.15. The summed E-state index contributed by atoms with van der Waals surface area (Å²) in [5.74, 6) is -0.619. The predicted molar refractivity (Wildman–Crippen MR) is 71.3 cm³/mol. The fraction of sp³-hybridized carbons (Fsp3) is 0.143. The summed E-state index contributed by atoms with van der Waals surface area (Å²) in [6.07, 6.45) is 0. The summed E-state index contributed by atoms with van der Waals surface area (Å²) in [7, 11) is 0. The van der Waals surface area contributed by atoms with Gasteiger partial charge >= 0.3 is 0 Å². The van der Waals surface area contributed by atoms with Crippen molar-refractivity contribution >= 4 is 15.9 Å². The van der Waals surface area contributed by atoms with Crippen LogP contribution in [-0.2, 0) is 0 Å². The van der Waals surface area contributed by atoms with Crippen molar-refractivity contribution in [1.29, 1.82) is 0 Å². The van der Waals surface area contributed by atoms with Gasteiger partial charge in [-0.05, 0) is 47.9 Å². The van der Waals surface area contributed by atoms with Crippen LogP contribution in [0.3, 0.4) is 0 Å². The summed E-state index contributed by atoms with van der Waals surface area (Å²) < 4.78 is 27.2. The van der Waals surface area contributed by atoms with Crippen molar-refractivity contribution < 1.29 is 8.78 Å². The Morgan fingerprint density at radius 3 is 2.50 bits per heavy atom. The lowest BCUT2D eigenvalue weighted by atomic mass is 9.98. The third kappa shape index (κ3) is 2.60. The van der Waals surface area contributed by atoms with E-state index in [0.717, 1.165) is 10.0 Å². The van der Waals surface area contributed by atoms with Crippen LogP contribution >= 0.6 is 15.9 Å². The smallest absolute Gasteiger partial charge is 0.126 e. The molecule has 0 amide bonds. The quantitative estimate of drug-likeness (QED) is 0.888. The van der Waals surface area contributed by atoms with Crippen LogP contribution in [0.2, 0.25) is 0 Å². The largest absolute Gasteiger partial charge is 0.320 e. The summed E-state index contributed by atoms with van der Waals surface area (Å²) >= 11 is 3.34. The van der Waals surface area contributed by atoms with E-state index in [4.69, 9.17) is 5.73 Å². The summed E-state index contributed by atoms with van der Waals surface area (Å²) in [4.78, 5) is 0. The molecule has 2 aromatic carbocycles. The van der Waals surface area contributed by atoms with E-state index in [2.05, 4.69) is 15.9 Å². The first kappa shape index (κ1) is 13.2. The maximum absolute atomic E-state index is 13.2. The highest BCUT2D eigenvalue weighted by Gasteiger charge is 2.14. The maximum Gasteiger partial charge on any atom is 0.126 e. The van der Waals surface area contributed by atoms with E-state index in [9.17, 15) is 8.78 Å². The zero-order valence-corrected chi connectivity index (χ0v) is 11.3. The molecule has 2 rings (SSSR count). The lowest BCUT2D eigenvalue weighted by Crippen LogP contribution is -2.13. The molecular weight excluding hydrogens is 300 g/mol.